The number of carbonyl (C=O) groups excluding carboxylic acids is 1. The molecule has 0 unspecified atom stereocenters. The number of rotatable bonds is 4. The molecule has 0 aliphatic carbocycles. The maximum Gasteiger partial charge on any atom is 0.271 e. The van der Waals surface area contributed by atoms with Crippen LogP contribution in [0.4, 0.5) is 0 Å². The van der Waals surface area contributed by atoms with Crippen LogP contribution in [0.25, 0.3) is 0 Å². The van der Waals surface area contributed by atoms with Gasteiger partial charge in [-0.25, -0.2) is 5.84 Å². The Hall–Kier alpha value is -1.26. The lowest BCUT2D eigenvalue weighted by Gasteiger charge is -2.10. The Morgan fingerprint density at radius 1 is 1.56 bits per heavy atom. The first-order valence-electron chi connectivity index (χ1n) is 4.96. The zero-order valence-electron chi connectivity index (χ0n) is 9.29. The minimum absolute atomic E-state index is 0.142. The molecule has 0 aliphatic heterocycles. The summed E-state index contributed by atoms with van der Waals surface area (Å²) in [5.41, 5.74) is 3.10. The molecule has 0 heterocycles. The number of hydrazine groups is 1. The third-order valence-corrected chi connectivity index (χ3v) is 2.44. The lowest BCUT2D eigenvalue weighted by atomic mass is 10.0. The van der Waals surface area contributed by atoms with Gasteiger partial charge in [-0.05, 0) is 23.6 Å². The Kier molecular flexibility index (Phi) is 4.58. The molecule has 0 saturated carbocycles. The normalized spacial score (nSPS) is 10.3. The number of carbonyl (C=O) groups is 1. The Morgan fingerprint density at radius 2 is 2.25 bits per heavy atom. The van der Waals surface area contributed by atoms with Gasteiger partial charge in [-0.2, -0.15) is 0 Å². The Labute approximate surface area is 99.7 Å². The zero-order chi connectivity index (χ0) is 12.1. The predicted molar refractivity (Wildman–Crippen MR) is 63.4 cm³/mol. The summed E-state index contributed by atoms with van der Waals surface area (Å²) in [7, 11) is 0. The van der Waals surface area contributed by atoms with Crippen LogP contribution >= 0.6 is 11.6 Å². The van der Waals surface area contributed by atoms with Crippen molar-refractivity contribution in [3.8, 4) is 5.75 Å². The van der Waals surface area contributed by atoms with Crippen LogP contribution in [0.5, 0.6) is 5.75 Å². The van der Waals surface area contributed by atoms with Gasteiger partial charge in [0.25, 0.3) is 5.91 Å². The van der Waals surface area contributed by atoms with Gasteiger partial charge in [-0.15, -0.1) is 0 Å². The number of benzene rings is 1. The summed E-state index contributed by atoms with van der Waals surface area (Å²) in [5.74, 6) is 5.41. The largest absolute Gasteiger partial charge is 0.482 e. The first kappa shape index (κ1) is 12.8. The molecule has 5 heteroatoms. The highest BCUT2D eigenvalue weighted by Gasteiger charge is 2.07. The molecular weight excluding hydrogens is 228 g/mol. The van der Waals surface area contributed by atoms with Crippen LogP contribution in [0.1, 0.15) is 25.3 Å². The van der Waals surface area contributed by atoms with Crippen molar-refractivity contribution >= 4 is 17.5 Å². The second kappa shape index (κ2) is 5.72. The molecule has 1 amide bonds. The summed E-state index contributed by atoms with van der Waals surface area (Å²) in [6.45, 7) is 4.01. The Balaban J connectivity index is 2.72. The van der Waals surface area contributed by atoms with Crippen LogP contribution in [0.2, 0.25) is 5.02 Å². The van der Waals surface area contributed by atoms with Gasteiger partial charge in [0.2, 0.25) is 0 Å². The van der Waals surface area contributed by atoms with E-state index in [-0.39, 0.29) is 6.61 Å². The molecular formula is C11H15ClN2O2. The van der Waals surface area contributed by atoms with Crippen LogP contribution in [0.3, 0.4) is 0 Å². The topological polar surface area (TPSA) is 64.3 Å². The standard InChI is InChI=1S/C11H15ClN2O2/c1-7(2)8-3-4-10(9(12)5-8)16-6-11(15)14-13/h3-5,7H,6,13H2,1-2H3,(H,14,15). The summed E-state index contributed by atoms with van der Waals surface area (Å²) in [5, 5.41) is 0.496. The highest BCUT2D eigenvalue weighted by Crippen LogP contribution is 2.28. The van der Waals surface area contributed by atoms with Gasteiger partial charge in [0.15, 0.2) is 6.61 Å². The molecule has 1 rings (SSSR count). The van der Waals surface area contributed by atoms with Crippen LogP contribution in [0, 0.1) is 0 Å². The van der Waals surface area contributed by atoms with E-state index in [0.717, 1.165) is 5.56 Å². The van der Waals surface area contributed by atoms with Crippen molar-refractivity contribution in [1.29, 1.82) is 0 Å². The maximum atomic E-state index is 10.9. The highest BCUT2D eigenvalue weighted by atomic mass is 35.5. The van der Waals surface area contributed by atoms with E-state index in [1.165, 1.54) is 0 Å². The lowest BCUT2D eigenvalue weighted by Crippen LogP contribution is -2.34. The van der Waals surface area contributed by atoms with Gasteiger partial charge in [0.05, 0.1) is 5.02 Å². The minimum atomic E-state index is -0.399. The third kappa shape index (κ3) is 3.40. The van der Waals surface area contributed by atoms with Crippen molar-refractivity contribution in [3.63, 3.8) is 0 Å². The van der Waals surface area contributed by atoms with Crippen LogP contribution in [0.15, 0.2) is 18.2 Å². The number of amides is 1. The molecule has 0 radical (unpaired) electrons. The Bertz CT molecular complexity index is 380. The molecule has 16 heavy (non-hydrogen) atoms. The van der Waals surface area contributed by atoms with Crippen LogP contribution in [-0.4, -0.2) is 12.5 Å². The molecule has 1 aromatic rings. The quantitative estimate of drug-likeness (QED) is 0.481. The molecule has 0 bridgehead atoms. The fourth-order valence-corrected chi connectivity index (χ4v) is 1.42. The summed E-state index contributed by atoms with van der Waals surface area (Å²) in [6.07, 6.45) is 0. The average Bonchev–Trinajstić information content (AvgIpc) is 2.26. The highest BCUT2D eigenvalue weighted by molar-refractivity contribution is 6.32. The van der Waals surface area contributed by atoms with Gasteiger partial charge < -0.3 is 4.74 Å². The second-order valence-corrected chi connectivity index (χ2v) is 4.11. The lowest BCUT2D eigenvalue weighted by molar-refractivity contribution is -0.123. The molecule has 0 saturated heterocycles. The number of hydrogen-bond acceptors (Lipinski definition) is 3. The summed E-state index contributed by atoms with van der Waals surface area (Å²) in [4.78, 5) is 10.9. The first-order valence-corrected chi connectivity index (χ1v) is 5.34. The molecule has 0 aliphatic rings. The van der Waals surface area contributed by atoms with Crippen molar-refractivity contribution in [3.05, 3.63) is 28.8 Å². The van der Waals surface area contributed by atoms with Crippen molar-refractivity contribution < 1.29 is 9.53 Å². The molecule has 4 nitrogen and oxygen atoms in total. The minimum Gasteiger partial charge on any atom is -0.482 e. The van der Waals surface area contributed by atoms with E-state index in [0.29, 0.717) is 16.7 Å². The van der Waals surface area contributed by atoms with Crippen LogP contribution in [-0.2, 0) is 4.79 Å². The molecule has 0 fully saturated rings. The SMILES string of the molecule is CC(C)c1ccc(OCC(=O)NN)c(Cl)c1. The summed E-state index contributed by atoms with van der Waals surface area (Å²) >= 11 is 6.01. The van der Waals surface area contributed by atoms with Gasteiger partial charge in [-0.3, -0.25) is 10.2 Å². The number of nitrogens with one attached hydrogen (secondary N) is 1. The van der Waals surface area contributed by atoms with Gasteiger partial charge >= 0.3 is 0 Å². The summed E-state index contributed by atoms with van der Waals surface area (Å²) < 4.78 is 5.20. The zero-order valence-corrected chi connectivity index (χ0v) is 10.0. The maximum absolute atomic E-state index is 10.9. The second-order valence-electron chi connectivity index (χ2n) is 3.70. The third-order valence-electron chi connectivity index (χ3n) is 2.14. The van der Waals surface area contributed by atoms with E-state index in [9.17, 15) is 4.79 Å². The van der Waals surface area contributed by atoms with Crippen molar-refractivity contribution in [1.82, 2.24) is 5.43 Å². The predicted octanol–water partition coefficient (Wildman–Crippen LogP) is 1.83. The fourth-order valence-electron chi connectivity index (χ4n) is 1.18. The molecule has 3 N–H and O–H groups in total. The van der Waals surface area contributed by atoms with E-state index in [1.54, 1.807) is 6.07 Å². The van der Waals surface area contributed by atoms with Gasteiger partial charge in [0, 0.05) is 0 Å². The van der Waals surface area contributed by atoms with Gasteiger partial charge in [-0.1, -0.05) is 31.5 Å². The van der Waals surface area contributed by atoms with Crippen molar-refractivity contribution in [2.75, 3.05) is 6.61 Å². The number of nitrogens with two attached hydrogens (primary N) is 1. The monoisotopic (exact) mass is 242 g/mol. The molecule has 0 atom stereocenters. The first-order chi connectivity index (χ1) is 7.54. The fraction of sp³-hybridized carbons (Fsp3) is 0.364. The van der Waals surface area contributed by atoms with Gasteiger partial charge in [0.1, 0.15) is 5.75 Å². The van der Waals surface area contributed by atoms with E-state index in [2.05, 4.69) is 13.8 Å². The summed E-state index contributed by atoms with van der Waals surface area (Å²) in [6, 6.07) is 5.51. The molecule has 0 aromatic heterocycles. The number of hydrogen-bond donors (Lipinski definition) is 2. The van der Waals surface area contributed by atoms with E-state index >= 15 is 0 Å². The van der Waals surface area contributed by atoms with Crippen LogP contribution < -0.4 is 16.0 Å². The molecule has 0 spiro atoms. The van der Waals surface area contributed by atoms with Crippen molar-refractivity contribution in [2.24, 2.45) is 5.84 Å². The number of ether oxygens (including phenoxy) is 1. The average molecular weight is 243 g/mol. The van der Waals surface area contributed by atoms with E-state index in [4.69, 9.17) is 22.2 Å². The smallest absolute Gasteiger partial charge is 0.271 e. The van der Waals surface area contributed by atoms with Crippen molar-refractivity contribution in [2.45, 2.75) is 19.8 Å². The van der Waals surface area contributed by atoms with E-state index < -0.39 is 5.91 Å². The molecule has 88 valence electrons. The van der Waals surface area contributed by atoms with E-state index in [1.807, 2.05) is 17.6 Å². The molecule has 1 aromatic carbocycles. The Morgan fingerprint density at radius 3 is 2.75 bits per heavy atom. The number of halogens is 1.